The minimum atomic E-state index is -4.95. The van der Waals surface area contributed by atoms with Crippen LogP contribution in [0.15, 0.2) is 0 Å². The summed E-state index contributed by atoms with van der Waals surface area (Å²) in [4.78, 5) is 72.2. The van der Waals surface area contributed by atoms with Crippen LogP contribution in [0.25, 0.3) is 0 Å². The molecule has 0 fully saturated rings. The van der Waals surface area contributed by atoms with Crippen LogP contribution in [0.3, 0.4) is 0 Å². The normalized spacial score (nSPS) is 14.1. The fourth-order valence-electron chi connectivity index (χ4n) is 10.8. The lowest BCUT2D eigenvalue weighted by Crippen LogP contribution is -2.30. The summed E-state index contributed by atoms with van der Waals surface area (Å²) in [5.74, 6) is -1.36. The second kappa shape index (κ2) is 64.4. The molecule has 0 aliphatic rings. The van der Waals surface area contributed by atoms with E-state index in [1.54, 1.807) is 0 Å². The van der Waals surface area contributed by atoms with Gasteiger partial charge in [-0.3, -0.25) is 37.3 Å². The molecule has 0 aromatic carbocycles. The number of unbranched alkanes of at least 4 members (excludes halogenated alkanes) is 43. The lowest BCUT2D eigenvalue weighted by atomic mass is 10.0. The largest absolute Gasteiger partial charge is 0.472 e. The van der Waals surface area contributed by atoms with Crippen LogP contribution < -0.4 is 0 Å². The predicted molar refractivity (Wildman–Crippen MR) is 363 cm³/mol. The number of carbonyl (C=O) groups excluding carboxylic acids is 4. The molecular formula is C71H138O17P2. The Morgan fingerprint density at radius 3 is 0.756 bits per heavy atom. The van der Waals surface area contributed by atoms with Gasteiger partial charge in [0, 0.05) is 25.7 Å². The molecule has 0 spiro atoms. The number of aliphatic hydroxyl groups excluding tert-OH is 1. The van der Waals surface area contributed by atoms with Crippen molar-refractivity contribution in [2.24, 2.45) is 5.92 Å². The molecule has 0 aromatic heterocycles. The zero-order chi connectivity index (χ0) is 66.3. The Labute approximate surface area is 549 Å². The Bertz CT molecular complexity index is 1740. The van der Waals surface area contributed by atoms with E-state index < -0.39 is 97.5 Å². The SMILES string of the molecule is CCCCCCCCCCCCCCCCCCCCCCCCC(=O)O[C@H](COC(=O)CCCCCCCCCCCCCC(C)C)COP(=O)(O)OC[C@@H](O)COP(=O)(O)OC[C@@H](COC(=O)CCCCCCC)OC(=O)CCCCCCCCCCC. The van der Waals surface area contributed by atoms with Crippen LogP contribution in [-0.2, 0) is 65.4 Å². The summed E-state index contributed by atoms with van der Waals surface area (Å²) in [7, 11) is -9.89. The number of aliphatic hydroxyl groups is 1. The Hall–Kier alpha value is -1.94. The Morgan fingerprint density at radius 1 is 0.300 bits per heavy atom. The highest BCUT2D eigenvalue weighted by Gasteiger charge is 2.30. The van der Waals surface area contributed by atoms with E-state index in [2.05, 4.69) is 34.6 Å². The summed E-state index contributed by atoms with van der Waals surface area (Å²) in [6, 6.07) is 0. The van der Waals surface area contributed by atoms with Gasteiger partial charge >= 0.3 is 39.5 Å². The zero-order valence-electron chi connectivity index (χ0n) is 58.3. The van der Waals surface area contributed by atoms with Gasteiger partial charge < -0.3 is 33.8 Å². The van der Waals surface area contributed by atoms with Gasteiger partial charge in [-0.2, -0.15) is 0 Å². The molecule has 0 saturated heterocycles. The summed E-state index contributed by atoms with van der Waals surface area (Å²) in [5, 5.41) is 10.5. The third-order valence-corrected chi connectivity index (χ3v) is 18.4. The van der Waals surface area contributed by atoms with Gasteiger partial charge in [0.1, 0.15) is 19.3 Å². The van der Waals surface area contributed by atoms with Gasteiger partial charge in [-0.25, -0.2) is 9.13 Å². The van der Waals surface area contributed by atoms with Crippen molar-refractivity contribution in [2.75, 3.05) is 39.6 Å². The molecule has 19 heteroatoms. The first kappa shape index (κ1) is 88.1. The van der Waals surface area contributed by atoms with E-state index in [1.165, 1.54) is 186 Å². The molecular weight excluding hydrogens is 1190 g/mol. The maximum absolute atomic E-state index is 13.0. The zero-order valence-corrected chi connectivity index (χ0v) is 60.1. The van der Waals surface area contributed by atoms with Crippen LogP contribution in [0, 0.1) is 5.92 Å². The van der Waals surface area contributed by atoms with Gasteiger partial charge in [-0.1, -0.05) is 317 Å². The summed E-state index contributed by atoms with van der Waals surface area (Å²) in [5.41, 5.74) is 0. The molecule has 0 saturated carbocycles. The quantitative estimate of drug-likeness (QED) is 0.0222. The van der Waals surface area contributed by atoms with E-state index in [1.807, 2.05) is 0 Å². The van der Waals surface area contributed by atoms with Gasteiger partial charge in [0.2, 0.25) is 0 Å². The minimum absolute atomic E-state index is 0.105. The molecule has 0 amide bonds. The number of phosphoric acid groups is 2. The third-order valence-electron chi connectivity index (χ3n) is 16.5. The van der Waals surface area contributed by atoms with Crippen LogP contribution in [0.1, 0.15) is 369 Å². The molecule has 17 nitrogen and oxygen atoms in total. The van der Waals surface area contributed by atoms with E-state index in [0.29, 0.717) is 25.7 Å². The smallest absolute Gasteiger partial charge is 0.462 e. The minimum Gasteiger partial charge on any atom is -0.462 e. The van der Waals surface area contributed by atoms with Crippen molar-refractivity contribution in [1.29, 1.82) is 0 Å². The van der Waals surface area contributed by atoms with E-state index in [4.69, 9.17) is 37.0 Å². The maximum atomic E-state index is 13.0. The molecule has 534 valence electrons. The van der Waals surface area contributed by atoms with Crippen molar-refractivity contribution >= 4 is 39.5 Å². The fourth-order valence-corrected chi connectivity index (χ4v) is 12.4. The van der Waals surface area contributed by atoms with Gasteiger partial charge in [0.05, 0.1) is 26.4 Å². The number of rotatable bonds is 71. The van der Waals surface area contributed by atoms with Crippen LogP contribution in [0.4, 0.5) is 0 Å². The maximum Gasteiger partial charge on any atom is 0.472 e. The molecule has 0 rings (SSSR count). The van der Waals surface area contributed by atoms with E-state index in [9.17, 15) is 43.2 Å². The van der Waals surface area contributed by atoms with Crippen LogP contribution >= 0.6 is 15.6 Å². The molecule has 3 N–H and O–H groups in total. The van der Waals surface area contributed by atoms with Crippen molar-refractivity contribution < 1.29 is 80.2 Å². The summed E-state index contributed by atoms with van der Waals surface area (Å²) in [6.07, 6.45) is 52.0. The van der Waals surface area contributed by atoms with E-state index >= 15 is 0 Å². The first-order valence-corrected chi connectivity index (χ1v) is 40.1. The van der Waals surface area contributed by atoms with Crippen LogP contribution in [0.2, 0.25) is 0 Å². The average Bonchev–Trinajstić information content (AvgIpc) is 3.63. The first-order valence-electron chi connectivity index (χ1n) is 37.1. The van der Waals surface area contributed by atoms with Crippen LogP contribution in [-0.4, -0.2) is 96.7 Å². The second-order valence-corrected chi connectivity index (χ2v) is 29.0. The van der Waals surface area contributed by atoms with E-state index in [-0.39, 0.29) is 25.7 Å². The van der Waals surface area contributed by atoms with Gasteiger partial charge in [0.15, 0.2) is 12.2 Å². The topological polar surface area (TPSA) is 237 Å². The molecule has 0 aromatic rings. The molecule has 90 heavy (non-hydrogen) atoms. The summed E-state index contributed by atoms with van der Waals surface area (Å²) < 4.78 is 68.0. The van der Waals surface area contributed by atoms with Gasteiger partial charge in [0.25, 0.3) is 0 Å². The highest BCUT2D eigenvalue weighted by Crippen LogP contribution is 2.45. The number of phosphoric ester groups is 2. The van der Waals surface area contributed by atoms with Crippen molar-refractivity contribution in [3.63, 3.8) is 0 Å². The third kappa shape index (κ3) is 64.8. The molecule has 0 radical (unpaired) electrons. The lowest BCUT2D eigenvalue weighted by Gasteiger charge is -2.21. The lowest BCUT2D eigenvalue weighted by molar-refractivity contribution is -0.161. The molecule has 0 heterocycles. The van der Waals surface area contributed by atoms with Crippen LogP contribution in [0.5, 0.6) is 0 Å². The monoisotopic (exact) mass is 1320 g/mol. The van der Waals surface area contributed by atoms with Crippen molar-refractivity contribution in [1.82, 2.24) is 0 Å². The standard InChI is InChI=1S/C71H138O17P2/c1-6-9-12-15-17-19-20-21-22-23-24-25-26-27-28-29-30-33-38-42-47-52-57-71(76)88-67(61-82-69(74)55-50-45-40-37-34-31-32-36-39-44-48-53-64(4)5)63-86-90(79,80)84-59-65(72)58-83-89(77,78)85-62-66(60-81-68(73)54-49-43-14-11-8-3)87-70(75)56-51-46-41-35-18-16-13-10-7-2/h64-67,72H,6-63H2,1-5H3,(H,77,78)(H,79,80)/t65-,66+,67+/m0/s1. The highest BCUT2D eigenvalue weighted by molar-refractivity contribution is 7.47. The Balaban J connectivity index is 5.08. The van der Waals surface area contributed by atoms with Gasteiger partial charge in [-0.05, 0) is 31.6 Å². The fraction of sp³-hybridized carbons (Fsp3) is 0.944. The second-order valence-electron chi connectivity index (χ2n) is 26.1. The molecule has 2 unspecified atom stereocenters. The molecule has 0 bridgehead atoms. The van der Waals surface area contributed by atoms with Crippen molar-refractivity contribution in [3.8, 4) is 0 Å². The molecule has 0 aliphatic heterocycles. The summed E-state index contributed by atoms with van der Waals surface area (Å²) >= 11 is 0. The Morgan fingerprint density at radius 2 is 0.511 bits per heavy atom. The Kier molecular flexibility index (Phi) is 63.0. The predicted octanol–water partition coefficient (Wildman–Crippen LogP) is 20.5. The number of hydrogen-bond donors (Lipinski definition) is 3. The molecule has 0 aliphatic carbocycles. The van der Waals surface area contributed by atoms with Crippen molar-refractivity contribution in [2.45, 2.75) is 387 Å². The average molecular weight is 1330 g/mol. The number of hydrogen-bond acceptors (Lipinski definition) is 15. The number of esters is 4. The van der Waals surface area contributed by atoms with Gasteiger partial charge in [-0.15, -0.1) is 0 Å². The number of carbonyl (C=O) groups is 4. The molecule has 5 atom stereocenters. The number of ether oxygens (including phenoxy) is 4. The van der Waals surface area contributed by atoms with Crippen molar-refractivity contribution in [3.05, 3.63) is 0 Å². The highest BCUT2D eigenvalue weighted by atomic mass is 31.2. The summed E-state index contributed by atoms with van der Waals surface area (Å²) in [6.45, 7) is 7.14. The van der Waals surface area contributed by atoms with E-state index in [0.717, 1.165) is 102 Å². The first-order chi connectivity index (χ1) is 43.5.